The molecule has 17 heavy (non-hydrogen) atoms. The van der Waals surface area contributed by atoms with E-state index in [4.69, 9.17) is 11.6 Å². The zero-order valence-corrected chi connectivity index (χ0v) is 8.57. The number of halogens is 7. The normalized spacial score (nSPS) is 12.9. The lowest BCUT2D eigenvalue weighted by atomic mass is 10.3. The quantitative estimate of drug-likeness (QED) is 0.609. The molecule has 0 N–H and O–H groups in total. The van der Waals surface area contributed by atoms with Gasteiger partial charge in [-0.15, -0.1) is 0 Å². The van der Waals surface area contributed by atoms with E-state index in [1.807, 2.05) is 0 Å². The first-order chi connectivity index (χ1) is 7.60. The van der Waals surface area contributed by atoms with Gasteiger partial charge in [0.1, 0.15) is 10.9 Å². The molecular weight excluding hydrogens is 276 g/mol. The first-order valence-corrected chi connectivity index (χ1v) is 4.40. The van der Waals surface area contributed by atoms with E-state index in [-0.39, 0.29) is 5.15 Å². The molecule has 1 heterocycles. The smallest absolute Gasteiger partial charge is 0.434 e. The van der Waals surface area contributed by atoms with Gasteiger partial charge < -0.3 is 4.74 Å². The SMILES string of the molecule is FC(F)(F)C(Oc1ccnc(Cl)c1)C(F)(F)F. The third-order valence-corrected chi connectivity index (χ3v) is 1.75. The van der Waals surface area contributed by atoms with Crippen LogP contribution in [-0.4, -0.2) is 23.4 Å². The van der Waals surface area contributed by atoms with E-state index < -0.39 is 24.2 Å². The predicted octanol–water partition coefficient (Wildman–Crippen LogP) is 3.61. The third kappa shape index (κ3) is 3.95. The van der Waals surface area contributed by atoms with Gasteiger partial charge in [-0.25, -0.2) is 4.98 Å². The van der Waals surface area contributed by atoms with Crippen molar-refractivity contribution in [2.45, 2.75) is 18.5 Å². The van der Waals surface area contributed by atoms with Gasteiger partial charge in [0.2, 0.25) is 0 Å². The first-order valence-electron chi connectivity index (χ1n) is 4.02. The Morgan fingerprint density at radius 3 is 2.06 bits per heavy atom. The van der Waals surface area contributed by atoms with Gasteiger partial charge >= 0.3 is 12.4 Å². The van der Waals surface area contributed by atoms with Crippen molar-refractivity contribution in [3.8, 4) is 5.75 Å². The van der Waals surface area contributed by atoms with Crippen LogP contribution >= 0.6 is 11.6 Å². The fourth-order valence-corrected chi connectivity index (χ4v) is 1.08. The highest BCUT2D eigenvalue weighted by Crippen LogP contribution is 2.36. The monoisotopic (exact) mass is 279 g/mol. The average Bonchev–Trinajstić information content (AvgIpc) is 2.10. The number of aromatic nitrogens is 1. The predicted molar refractivity (Wildman–Crippen MR) is 45.8 cm³/mol. The highest BCUT2D eigenvalue weighted by Gasteiger charge is 2.59. The van der Waals surface area contributed by atoms with Crippen LogP contribution in [-0.2, 0) is 0 Å². The minimum absolute atomic E-state index is 0.273. The van der Waals surface area contributed by atoms with Crippen molar-refractivity contribution < 1.29 is 31.1 Å². The Hall–Kier alpha value is -1.18. The second-order valence-electron chi connectivity index (χ2n) is 2.90. The van der Waals surface area contributed by atoms with E-state index in [1.165, 1.54) is 0 Å². The van der Waals surface area contributed by atoms with Crippen molar-refractivity contribution in [1.29, 1.82) is 0 Å². The molecule has 9 heteroatoms. The molecule has 0 unspecified atom stereocenters. The molecule has 0 aromatic carbocycles. The van der Waals surface area contributed by atoms with Gasteiger partial charge in [0.25, 0.3) is 6.10 Å². The Bertz CT molecular complexity index is 376. The van der Waals surface area contributed by atoms with Gasteiger partial charge in [-0.3, -0.25) is 0 Å². The Balaban J connectivity index is 2.96. The standard InChI is InChI=1S/C8H4ClF6NO/c9-5-3-4(1-2-16-5)17-6(7(10,11)12)8(13,14)15/h1-3,6H. The molecule has 1 rings (SSSR count). The summed E-state index contributed by atoms with van der Waals surface area (Å²) in [4.78, 5) is 3.39. The second-order valence-corrected chi connectivity index (χ2v) is 3.28. The van der Waals surface area contributed by atoms with Crippen molar-refractivity contribution >= 4 is 11.6 Å². The molecule has 0 aliphatic rings. The zero-order valence-electron chi connectivity index (χ0n) is 7.81. The summed E-state index contributed by atoms with van der Waals surface area (Å²) in [6.45, 7) is 0. The molecule has 0 saturated heterocycles. The summed E-state index contributed by atoms with van der Waals surface area (Å²) < 4.78 is 76.5. The van der Waals surface area contributed by atoms with Crippen LogP contribution in [0.2, 0.25) is 5.15 Å². The van der Waals surface area contributed by atoms with E-state index in [2.05, 4.69) is 9.72 Å². The van der Waals surface area contributed by atoms with Crippen LogP contribution in [0.1, 0.15) is 0 Å². The van der Waals surface area contributed by atoms with Gasteiger partial charge in [-0.05, 0) is 6.07 Å². The summed E-state index contributed by atoms with van der Waals surface area (Å²) in [5.74, 6) is -0.662. The number of rotatable bonds is 2. The molecule has 0 aliphatic heterocycles. The Kier molecular flexibility index (Phi) is 3.75. The van der Waals surface area contributed by atoms with Crippen molar-refractivity contribution in [3.63, 3.8) is 0 Å². The van der Waals surface area contributed by atoms with Crippen LogP contribution in [0.25, 0.3) is 0 Å². The summed E-state index contributed by atoms with van der Waals surface area (Å²) in [6.07, 6.45) is -14.1. The van der Waals surface area contributed by atoms with Crippen LogP contribution in [0, 0.1) is 0 Å². The Morgan fingerprint density at radius 1 is 1.12 bits per heavy atom. The number of alkyl halides is 6. The zero-order chi connectivity index (χ0) is 13.3. The number of pyridine rings is 1. The molecule has 2 nitrogen and oxygen atoms in total. The summed E-state index contributed by atoms with van der Waals surface area (Å²) in [7, 11) is 0. The minimum Gasteiger partial charge on any atom is -0.471 e. The van der Waals surface area contributed by atoms with Crippen LogP contribution in [0.15, 0.2) is 18.3 Å². The fraction of sp³-hybridized carbons (Fsp3) is 0.375. The molecule has 0 spiro atoms. The maximum atomic E-state index is 12.1. The van der Waals surface area contributed by atoms with E-state index in [0.29, 0.717) is 0 Å². The maximum Gasteiger partial charge on any atom is 0.434 e. The van der Waals surface area contributed by atoms with Gasteiger partial charge in [-0.1, -0.05) is 11.6 Å². The fourth-order valence-electron chi connectivity index (χ4n) is 0.913. The number of nitrogens with zero attached hydrogens (tertiary/aromatic N) is 1. The highest BCUT2D eigenvalue weighted by molar-refractivity contribution is 6.29. The molecule has 0 aliphatic carbocycles. The van der Waals surface area contributed by atoms with E-state index >= 15 is 0 Å². The molecule has 0 fully saturated rings. The second kappa shape index (κ2) is 4.59. The summed E-state index contributed by atoms with van der Waals surface area (Å²) in [6, 6.07) is 1.60. The van der Waals surface area contributed by atoms with Crippen molar-refractivity contribution in [2.75, 3.05) is 0 Å². The maximum absolute atomic E-state index is 12.1. The molecule has 0 amide bonds. The van der Waals surface area contributed by atoms with Crippen molar-refractivity contribution in [2.24, 2.45) is 0 Å². The molecule has 96 valence electrons. The number of hydrogen-bond acceptors (Lipinski definition) is 2. The van der Waals surface area contributed by atoms with Gasteiger partial charge in [0, 0.05) is 12.3 Å². The molecule has 1 aromatic heterocycles. The third-order valence-electron chi connectivity index (χ3n) is 1.55. The van der Waals surface area contributed by atoms with Crippen molar-refractivity contribution in [3.05, 3.63) is 23.5 Å². The van der Waals surface area contributed by atoms with E-state index in [1.54, 1.807) is 0 Å². The van der Waals surface area contributed by atoms with Gasteiger partial charge in [0.15, 0.2) is 0 Å². The topological polar surface area (TPSA) is 22.1 Å². The highest BCUT2D eigenvalue weighted by atomic mass is 35.5. The van der Waals surface area contributed by atoms with E-state index in [0.717, 1.165) is 18.3 Å². The average molecular weight is 280 g/mol. The summed E-state index contributed by atoms with van der Waals surface area (Å²) in [5, 5.41) is -0.273. The summed E-state index contributed by atoms with van der Waals surface area (Å²) >= 11 is 5.30. The summed E-state index contributed by atoms with van der Waals surface area (Å²) in [5.41, 5.74) is 0. The lowest BCUT2D eigenvalue weighted by molar-refractivity contribution is -0.299. The molecule has 1 aromatic rings. The number of ether oxygens (including phenoxy) is 1. The van der Waals surface area contributed by atoms with Crippen molar-refractivity contribution in [1.82, 2.24) is 4.98 Å². The van der Waals surface area contributed by atoms with Crippen LogP contribution in [0.3, 0.4) is 0 Å². The Morgan fingerprint density at radius 2 is 1.65 bits per heavy atom. The van der Waals surface area contributed by atoms with E-state index in [9.17, 15) is 26.3 Å². The molecule has 0 bridgehead atoms. The minimum atomic E-state index is -5.56. The lowest BCUT2D eigenvalue weighted by Crippen LogP contribution is -2.46. The van der Waals surface area contributed by atoms with Crippen LogP contribution in [0.4, 0.5) is 26.3 Å². The number of hydrogen-bond donors (Lipinski definition) is 0. The molecule has 0 saturated carbocycles. The largest absolute Gasteiger partial charge is 0.471 e. The lowest BCUT2D eigenvalue weighted by Gasteiger charge is -2.23. The van der Waals surface area contributed by atoms with Crippen LogP contribution < -0.4 is 4.74 Å². The van der Waals surface area contributed by atoms with Gasteiger partial charge in [0.05, 0.1) is 0 Å². The van der Waals surface area contributed by atoms with Gasteiger partial charge in [-0.2, -0.15) is 26.3 Å². The molecular formula is C8H4ClF6NO. The Labute approximate surface area is 96.2 Å². The molecule has 0 atom stereocenters. The molecule has 0 radical (unpaired) electrons. The van der Waals surface area contributed by atoms with Crippen LogP contribution in [0.5, 0.6) is 5.75 Å². The first kappa shape index (κ1) is 13.9.